The van der Waals surface area contributed by atoms with Crippen LogP contribution in [0.3, 0.4) is 0 Å². The highest BCUT2D eigenvalue weighted by Crippen LogP contribution is 2.30. The quantitative estimate of drug-likeness (QED) is 0.434. The van der Waals surface area contributed by atoms with E-state index in [1.807, 2.05) is 60.8 Å². The molecule has 1 aromatic heterocycles. The predicted molar refractivity (Wildman–Crippen MR) is 118 cm³/mol. The zero-order chi connectivity index (χ0) is 21.1. The molecule has 4 aromatic rings. The molecule has 4 rings (SSSR count). The lowest BCUT2D eigenvalue weighted by atomic mass is 9.91. The highest BCUT2D eigenvalue weighted by atomic mass is 32.2. The van der Waals surface area contributed by atoms with E-state index in [-0.39, 0.29) is 23.1 Å². The average molecular weight is 419 g/mol. The van der Waals surface area contributed by atoms with Crippen molar-refractivity contribution in [2.24, 2.45) is 0 Å². The molecule has 0 spiro atoms. The van der Waals surface area contributed by atoms with E-state index in [1.54, 1.807) is 0 Å². The van der Waals surface area contributed by atoms with Crippen molar-refractivity contribution in [2.45, 2.75) is 17.7 Å². The highest BCUT2D eigenvalue weighted by molar-refractivity contribution is 7.89. The summed E-state index contributed by atoms with van der Waals surface area (Å²) in [7, 11) is -3.72. The molecule has 0 amide bonds. The smallest absolute Gasteiger partial charge is 0.240 e. The lowest BCUT2D eigenvalue weighted by Crippen LogP contribution is -2.29. The molecule has 1 atom stereocenters. The van der Waals surface area contributed by atoms with Gasteiger partial charge in [0.15, 0.2) is 5.78 Å². The van der Waals surface area contributed by atoms with Crippen molar-refractivity contribution in [1.82, 2.24) is 9.71 Å². The van der Waals surface area contributed by atoms with Gasteiger partial charge >= 0.3 is 0 Å². The second-order valence-corrected chi connectivity index (χ2v) is 8.95. The summed E-state index contributed by atoms with van der Waals surface area (Å²) in [5.41, 5.74) is 3.55. The molecule has 1 unspecified atom stereocenters. The number of benzene rings is 3. The molecular weight excluding hydrogens is 396 g/mol. The van der Waals surface area contributed by atoms with E-state index in [2.05, 4.69) is 9.71 Å². The minimum atomic E-state index is -3.72. The molecular formula is C24H22N2O3S. The molecule has 0 aliphatic carbocycles. The van der Waals surface area contributed by atoms with Gasteiger partial charge in [0.1, 0.15) is 0 Å². The fraction of sp³-hybridized carbons (Fsp3) is 0.125. The van der Waals surface area contributed by atoms with Gasteiger partial charge in [0.05, 0.1) is 4.90 Å². The zero-order valence-corrected chi connectivity index (χ0v) is 17.3. The standard InChI is InChI=1S/C24H22N2O3S/c1-17(27)18-11-13-20(14-12-18)30(28,29)26-16-22(19-7-3-2-4-8-19)23-15-25-24-10-6-5-9-21(23)24/h2-15,22,25-26H,16H2,1H3. The highest BCUT2D eigenvalue weighted by Gasteiger charge is 2.22. The van der Waals surface area contributed by atoms with E-state index in [0.717, 1.165) is 22.0 Å². The molecule has 152 valence electrons. The van der Waals surface area contributed by atoms with Crippen molar-refractivity contribution in [3.63, 3.8) is 0 Å². The molecule has 0 aliphatic rings. The first kappa shape index (κ1) is 20.1. The van der Waals surface area contributed by atoms with Crippen LogP contribution in [0.15, 0.2) is 90.0 Å². The van der Waals surface area contributed by atoms with Gasteiger partial charge in [0.2, 0.25) is 10.0 Å². The average Bonchev–Trinajstić information content (AvgIpc) is 3.19. The largest absolute Gasteiger partial charge is 0.361 e. The molecule has 3 aromatic carbocycles. The predicted octanol–water partition coefficient (Wildman–Crippen LogP) is 4.48. The van der Waals surface area contributed by atoms with Crippen molar-refractivity contribution in [1.29, 1.82) is 0 Å². The third-order valence-electron chi connectivity index (χ3n) is 5.25. The topological polar surface area (TPSA) is 79.0 Å². The Balaban J connectivity index is 1.65. The van der Waals surface area contributed by atoms with Gasteiger partial charge in [0.25, 0.3) is 0 Å². The fourth-order valence-corrected chi connectivity index (χ4v) is 4.67. The monoisotopic (exact) mass is 418 g/mol. The van der Waals surface area contributed by atoms with Gasteiger partial charge in [-0.1, -0.05) is 60.7 Å². The molecule has 0 saturated carbocycles. The van der Waals surface area contributed by atoms with Crippen LogP contribution in [0.1, 0.15) is 34.3 Å². The molecule has 30 heavy (non-hydrogen) atoms. The number of Topliss-reactive ketones (excluding diaryl/α,β-unsaturated/α-hetero) is 1. The lowest BCUT2D eigenvalue weighted by molar-refractivity contribution is 0.101. The summed E-state index contributed by atoms with van der Waals surface area (Å²) in [5, 5.41) is 1.07. The van der Waals surface area contributed by atoms with Gasteiger partial charge in [-0.2, -0.15) is 0 Å². The molecule has 1 heterocycles. The first-order chi connectivity index (χ1) is 14.5. The molecule has 6 heteroatoms. The van der Waals surface area contributed by atoms with E-state index in [9.17, 15) is 13.2 Å². The van der Waals surface area contributed by atoms with Gasteiger partial charge in [0, 0.05) is 35.1 Å². The van der Waals surface area contributed by atoms with Crippen molar-refractivity contribution in [3.05, 3.63) is 102 Å². The Kier molecular flexibility index (Phi) is 5.53. The molecule has 2 N–H and O–H groups in total. The van der Waals surface area contributed by atoms with Crippen LogP contribution >= 0.6 is 0 Å². The van der Waals surface area contributed by atoms with Crippen LogP contribution in [0.25, 0.3) is 10.9 Å². The zero-order valence-electron chi connectivity index (χ0n) is 16.5. The second kappa shape index (κ2) is 8.26. The number of sulfonamides is 1. The number of aromatic amines is 1. The number of rotatable bonds is 7. The normalized spacial score (nSPS) is 12.7. The van der Waals surface area contributed by atoms with Crippen LogP contribution in [-0.4, -0.2) is 25.7 Å². The molecule has 0 bridgehead atoms. The van der Waals surface area contributed by atoms with E-state index < -0.39 is 10.0 Å². The van der Waals surface area contributed by atoms with Crippen molar-refractivity contribution in [3.8, 4) is 0 Å². The number of hydrogen-bond acceptors (Lipinski definition) is 3. The van der Waals surface area contributed by atoms with Crippen LogP contribution < -0.4 is 4.72 Å². The van der Waals surface area contributed by atoms with Crippen LogP contribution in [0, 0.1) is 0 Å². The Bertz CT molecular complexity index is 1280. The number of nitrogens with one attached hydrogen (secondary N) is 2. The van der Waals surface area contributed by atoms with E-state index in [0.29, 0.717) is 5.56 Å². The minimum absolute atomic E-state index is 0.101. The lowest BCUT2D eigenvalue weighted by Gasteiger charge is -2.18. The second-order valence-electron chi connectivity index (χ2n) is 7.19. The minimum Gasteiger partial charge on any atom is -0.361 e. The van der Waals surface area contributed by atoms with Crippen molar-refractivity contribution in [2.75, 3.05) is 6.54 Å². The molecule has 0 radical (unpaired) electrons. The van der Waals surface area contributed by atoms with Crippen LogP contribution in [-0.2, 0) is 10.0 Å². The van der Waals surface area contributed by atoms with Gasteiger partial charge in [-0.25, -0.2) is 13.1 Å². The SMILES string of the molecule is CC(=O)c1ccc(S(=O)(=O)NCC(c2ccccc2)c2c[nH]c3ccccc23)cc1. The van der Waals surface area contributed by atoms with Crippen LogP contribution in [0.4, 0.5) is 0 Å². The van der Waals surface area contributed by atoms with Crippen LogP contribution in [0.5, 0.6) is 0 Å². The number of ketones is 1. The first-order valence-electron chi connectivity index (χ1n) is 9.67. The maximum absolute atomic E-state index is 12.9. The number of carbonyl (C=O) groups excluding carboxylic acids is 1. The Labute approximate surface area is 175 Å². The van der Waals surface area contributed by atoms with Crippen molar-refractivity contribution < 1.29 is 13.2 Å². The number of H-pyrrole nitrogens is 1. The number of hydrogen-bond donors (Lipinski definition) is 2. The molecule has 0 fully saturated rings. The van der Waals surface area contributed by atoms with Gasteiger partial charge in [-0.05, 0) is 36.2 Å². The third-order valence-corrected chi connectivity index (χ3v) is 6.69. The molecule has 0 aliphatic heterocycles. The maximum atomic E-state index is 12.9. The summed E-state index contributed by atoms with van der Waals surface area (Å²) < 4.78 is 28.5. The van der Waals surface area contributed by atoms with E-state index in [4.69, 9.17) is 0 Å². The third kappa shape index (κ3) is 4.06. The summed E-state index contributed by atoms with van der Waals surface area (Å²) >= 11 is 0. The Morgan fingerprint density at radius 3 is 2.30 bits per heavy atom. The summed E-state index contributed by atoms with van der Waals surface area (Å²) in [4.78, 5) is 14.9. The Morgan fingerprint density at radius 1 is 0.933 bits per heavy atom. The van der Waals surface area contributed by atoms with Gasteiger partial charge < -0.3 is 4.98 Å². The van der Waals surface area contributed by atoms with Crippen LogP contribution in [0.2, 0.25) is 0 Å². The number of para-hydroxylation sites is 1. The first-order valence-corrected chi connectivity index (χ1v) is 11.2. The van der Waals surface area contributed by atoms with E-state index >= 15 is 0 Å². The molecule has 0 saturated heterocycles. The van der Waals surface area contributed by atoms with Crippen molar-refractivity contribution >= 4 is 26.7 Å². The molecule has 5 nitrogen and oxygen atoms in total. The number of carbonyl (C=O) groups is 1. The summed E-state index contributed by atoms with van der Waals surface area (Å²) in [6.45, 7) is 1.66. The summed E-state index contributed by atoms with van der Waals surface area (Å²) in [6, 6.07) is 23.8. The number of aromatic nitrogens is 1. The summed E-state index contributed by atoms with van der Waals surface area (Å²) in [5.74, 6) is -0.260. The maximum Gasteiger partial charge on any atom is 0.240 e. The van der Waals surface area contributed by atoms with E-state index in [1.165, 1.54) is 31.2 Å². The number of fused-ring (bicyclic) bond motifs is 1. The Hall–Kier alpha value is -3.22. The Morgan fingerprint density at radius 2 is 1.60 bits per heavy atom. The summed E-state index contributed by atoms with van der Waals surface area (Å²) in [6.07, 6.45) is 1.94. The van der Waals surface area contributed by atoms with Gasteiger partial charge in [-0.3, -0.25) is 4.79 Å². The van der Waals surface area contributed by atoms with Gasteiger partial charge in [-0.15, -0.1) is 0 Å². The fourth-order valence-electron chi connectivity index (χ4n) is 3.62.